The molecule has 0 fully saturated rings. The molecular formula is C18H18ClFN6O. The zero-order chi connectivity index (χ0) is 19.6. The summed E-state index contributed by atoms with van der Waals surface area (Å²) in [6, 6.07) is 9.47. The summed E-state index contributed by atoms with van der Waals surface area (Å²) in [5, 5.41) is 7.54. The highest BCUT2D eigenvalue weighted by Crippen LogP contribution is 2.25. The number of aromatic nitrogens is 2. The zero-order valence-electron chi connectivity index (χ0n) is 14.5. The molecule has 0 saturated heterocycles. The number of nitrogens with two attached hydrogens (primary N) is 2. The van der Waals surface area contributed by atoms with Crippen LogP contribution in [0.25, 0.3) is 16.7 Å². The van der Waals surface area contributed by atoms with Crippen molar-refractivity contribution in [2.45, 2.75) is 13.0 Å². The standard InChI is InChI=1S/C18H18ClFN6O/c1-9(11-3-5-15(20)14(19)8-11)23-18(24-22)27-10(2)12-4-6-16-13(7-12)17(21)26-25-16/h3-9H,2,22H2,1H3,(H,23,24)(H3,21,25,26)/t9-/m1/s1. The van der Waals surface area contributed by atoms with Crippen LogP contribution >= 0.6 is 11.6 Å². The lowest BCUT2D eigenvalue weighted by Gasteiger charge is -2.14. The SMILES string of the molecule is C=C(OC(=N[C@H](C)c1ccc(F)c(Cl)c1)NN)c1ccc2[nH]nc(N)c2c1. The number of anilines is 1. The number of benzene rings is 2. The number of rotatable bonds is 4. The summed E-state index contributed by atoms with van der Waals surface area (Å²) in [4.78, 5) is 4.34. The molecular weight excluding hydrogens is 371 g/mol. The number of nitrogens with zero attached hydrogens (tertiary/aromatic N) is 2. The van der Waals surface area contributed by atoms with Crippen molar-refractivity contribution >= 4 is 40.1 Å². The summed E-state index contributed by atoms with van der Waals surface area (Å²) in [7, 11) is 0. The quantitative estimate of drug-likeness (QED) is 0.179. The van der Waals surface area contributed by atoms with Crippen molar-refractivity contribution in [3.8, 4) is 0 Å². The molecule has 0 unspecified atom stereocenters. The molecule has 27 heavy (non-hydrogen) atoms. The van der Waals surface area contributed by atoms with Gasteiger partial charge in [0, 0.05) is 10.9 Å². The molecule has 0 amide bonds. The Morgan fingerprint density at radius 3 is 2.85 bits per heavy atom. The maximum atomic E-state index is 13.3. The molecule has 0 bridgehead atoms. The van der Waals surface area contributed by atoms with Gasteiger partial charge in [-0.2, -0.15) is 5.10 Å². The molecule has 2 aromatic carbocycles. The molecule has 3 aromatic rings. The number of nitrogen functional groups attached to an aromatic ring is 1. The minimum atomic E-state index is -0.493. The maximum Gasteiger partial charge on any atom is 0.305 e. The van der Waals surface area contributed by atoms with E-state index in [-0.39, 0.29) is 17.1 Å². The van der Waals surface area contributed by atoms with Crippen molar-refractivity contribution in [1.29, 1.82) is 0 Å². The van der Waals surface area contributed by atoms with Crippen LogP contribution < -0.4 is 17.0 Å². The lowest BCUT2D eigenvalue weighted by atomic mass is 10.1. The van der Waals surface area contributed by atoms with Crippen LogP contribution in [0.5, 0.6) is 0 Å². The average Bonchev–Trinajstić information content (AvgIpc) is 3.03. The van der Waals surface area contributed by atoms with Gasteiger partial charge in [-0.05, 0) is 42.8 Å². The molecule has 0 aliphatic carbocycles. The number of H-pyrrole nitrogens is 1. The molecule has 140 valence electrons. The molecule has 0 aliphatic heterocycles. The monoisotopic (exact) mass is 388 g/mol. The third kappa shape index (κ3) is 4.02. The fourth-order valence-electron chi connectivity index (χ4n) is 2.50. The summed E-state index contributed by atoms with van der Waals surface area (Å²) >= 11 is 5.82. The highest BCUT2D eigenvalue weighted by molar-refractivity contribution is 6.30. The Hall–Kier alpha value is -3.10. The Labute approximate surface area is 159 Å². The number of hydrazine groups is 1. The van der Waals surface area contributed by atoms with Crippen LogP contribution in [0.4, 0.5) is 10.2 Å². The lowest BCUT2D eigenvalue weighted by molar-refractivity contribution is 0.471. The molecule has 0 spiro atoms. The van der Waals surface area contributed by atoms with Crippen LogP contribution in [0.3, 0.4) is 0 Å². The van der Waals surface area contributed by atoms with E-state index >= 15 is 0 Å². The van der Waals surface area contributed by atoms with Crippen LogP contribution in [0.2, 0.25) is 5.02 Å². The van der Waals surface area contributed by atoms with E-state index < -0.39 is 5.82 Å². The molecule has 9 heteroatoms. The second-order valence-corrected chi connectivity index (χ2v) is 6.23. The van der Waals surface area contributed by atoms with Gasteiger partial charge in [-0.1, -0.05) is 24.2 Å². The molecule has 1 aromatic heterocycles. The van der Waals surface area contributed by atoms with Gasteiger partial charge in [0.25, 0.3) is 0 Å². The van der Waals surface area contributed by atoms with E-state index in [9.17, 15) is 4.39 Å². The lowest BCUT2D eigenvalue weighted by Crippen LogP contribution is -2.32. The van der Waals surface area contributed by atoms with Crippen LogP contribution in [0.15, 0.2) is 48.0 Å². The zero-order valence-corrected chi connectivity index (χ0v) is 15.2. The van der Waals surface area contributed by atoms with Gasteiger partial charge in [0.2, 0.25) is 0 Å². The summed E-state index contributed by atoms with van der Waals surface area (Å²) in [5.41, 5.74) is 10.4. The summed E-state index contributed by atoms with van der Waals surface area (Å²) in [6.45, 7) is 5.70. The summed E-state index contributed by atoms with van der Waals surface area (Å²) in [5.74, 6) is 5.72. The number of hydrogen-bond acceptors (Lipinski definition) is 5. The largest absolute Gasteiger partial charge is 0.425 e. The maximum absolute atomic E-state index is 13.3. The molecule has 0 aliphatic rings. The smallest absolute Gasteiger partial charge is 0.305 e. The number of halogens is 2. The van der Waals surface area contributed by atoms with Crippen molar-refractivity contribution in [2.75, 3.05) is 5.73 Å². The first kappa shape index (κ1) is 18.7. The van der Waals surface area contributed by atoms with Crippen molar-refractivity contribution in [3.63, 3.8) is 0 Å². The minimum Gasteiger partial charge on any atom is -0.425 e. The number of nitrogens with one attached hydrogen (secondary N) is 2. The Balaban J connectivity index is 1.79. The Morgan fingerprint density at radius 1 is 1.37 bits per heavy atom. The average molecular weight is 389 g/mol. The van der Waals surface area contributed by atoms with Crippen LogP contribution in [0, 0.1) is 5.82 Å². The normalized spacial score (nSPS) is 12.8. The number of aliphatic imine (C=N–C) groups is 1. The molecule has 1 heterocycles. The number of aromatic amines is 1. The fourth-order valence-corrected chi connectivity index (χ4v) is 2.69. The van der Waals surface area contributed by atoms with Crippen molar-refractivity contribution < 1.29 is 9.13 Å². The molecule has 0 radical (unpaired) electrons. The van der Waals surface area contributed by atoms with E-state index in [1.807, 2.05) is 6.07 Å². The Kier molecular flexibility index (Phi) is 5.29. The predicted molar refractivity (Wildman–Crippen MR) is 105 cm³/mol. The first-order valence-electron chi connectivity index (χ1n) is 7.99. The van der Waals surface area contributed by atoms with Crippen molar-refractivity contribution in [3.05, 3.63) is 64.9 Å². The van der Waals surface area contributed by atoms with Gasteiger partial charge in [0.1, 0.15) is 11.6 Å². The van der Waals surface area contributed by atoms with Gasteiger partial charge in [-0.15, -0.1) is 0 Å². The fraction of sp³-hybridized carbons (Fsp3) is 0.111. The minimum absolute atomic E-state index is 0.0214. The van der Waals surface area contributed by atoms with Crippen LogP contribution in [-0.4, -0.2) is 16.2 Å². The van der Waals surface area contributed by atoms with Gasteiger partial charge < -0.3 is 10.5 Å². The van der Waals surface area contributed by atoms with E-state index in [0.717, 1.165) is 10.9 Å². The third-order valence-corrected chi connectivity index (χ3v) is 4.28. The van der Waals surface area contributed by atoms with E-state index in [1.165, 1.54) is 12.1 Å². The van der Waals surface area contributed by atoms with Crippen LogP contribution in [-0.2, 0) is 4.74 Å². The summed E-state index contributed by atoms with van der Waals surface area (Å²) in [6.07, 6.45) is 0. The number of ether oxygens (including phenoxy) is 1. The van der Waals surface area contributed by atoms with Gasteiger partial charge >= 0.3 is 6.02 Å². The van der Waals surface area contributed by atoms with E-state index in [0.29, 0.717) is 22.7 Å². The molecule has 6 N–H and O–H groups in total. The number of fused-ring (bicyclic) bond motifs is 1. The van der Waals surface area contributed by atoms with E-state index in [2.05, 4.69) is 27.2 Å². The topological polar surface area (TPSA) is 114 Å². The molecule has 1 atom stereocenters. The Morgan fingerprint density at radius 2 is 2.15 bits per heavy atom. The third-order valence-electron chi connectivity index (χ3n) is 3.99. The van der Waals surface area contributed by atoms with Gasteiger partial charge in [0.05, 0.1) is 16.6 Å². The first-order chi connectivity index (χ1) is 12.9. The van der Waals surface area contributed by atoms with Crippen LogP contribution in [0.1, 0.15) is 24.1 Å². The van der Waals surface area contributed by atoms with Gasteiger partial charge in [-0.25, -0.2) is 15.2 Å². The predicted octanol–water partition coefficient (Wildman–Crippen LogP) is 3.51. The molecule has 0 saturated carbocycles. The van der Waals surface area contributed by atoms with Crippen molar-refractivity contribution in [1.82, 2.24) is 15.6 Å². The molecule has 7 nitrogen and oxygen atoms in total. The highest BCUT2D eigenvalue weighted by Gasteiger charge is 2.12. The van der Waals surface area contributed by atoms with Gasteiger partial charge in [-0.3, -0.25) is 10.5 Å². The second-order valence-electron chi connectivity index (χ2n) is 5.82. The first-order valence-corrected chi connectivity index (χ1v) is 8.37. The highest BCUT2D eigenvalue weighted by atomic mass is 35.5. The second kappa shape index (κ2) is 7.65. The van der Waals surface area contributed by atoms with Gasteiger partial charge in [0.15, 0.2) is 5.82 Å². The summed E-state index contributed by atoms with van der Waals surface area (Å²) < 4.78 is 19.0. The van der Waals surface area contributed by atoms with Crippen molar-refractivity contribution in [2.24, 2.45) is 10.8 Å². The number of hydrogen-bond donors (Lipinski definition) is 4. The Bertz CT molecular complexity index is 1030. The molecule has 3 rings (SSSR count). The van der Waals surface area contributed by atoms with E-state index in [4.69, 9.17) is 27.9 Å². The van der Waals surface area contributed by atoms with E-state index in [1.54, 1.807) is 25.1 Å². The number of amidine groups is 1.